The smallest absolute Gasteiger partial charge is 0.253 e. The molecule has 1 aliphatic heterocycles. The highest BCUT2D eigenvalue weighted by Gasteiger charge is 2.23. The number of methoxy groups -OCH3 is 1. The summed E-state index contributed by atoms with van der Waals surface area (Å²) in [6.45, 7) is 4.05. The van der Waals surface area contributed by atoms with E-state index in [0.29, 0.717) is 11.5 Å². The number of halogens is 1. The third-order valence-electron chi connectivity index (χ3n) is 4.64. The highest BCUT2D eigenvalue weighted by atomic mass is 35.5. The molecular formula is C20H26ClN3O2. The molecule has 1 fully saturated rings. The zero-order chi connectivity index (χ0) is 17.6. The van der Waals surface area contributed by atoms with Crippen LogP contribution in [0.15, 0.2) is 48.5 Å². The van der Waals surface area contributed by atoms with Crippen molar-refractivity contribution in [2.75, 3.05) is 25.5 Å². The van der Waals surface area contributed by atoms with Crippen LogP contribution >= 0.6 is 12.4 Å². The van der Waals surface area contributed by atoms with Crippen molar-refractivity contribution >= 4 is 29.7 Å². The first-order valence-corrected chi connectivity index (χ1v) is 8.69. The molecule has 140 valence electrons. The molecule has 1 heterocycles. The zero-order valence-corrected chi connectivity index (χ0v) is 15.9. The summed E-state index contributed by atoms with van der Waals surface area (Å²) in [4.78, 5) is 12.8. The van der Waals surface area contributed by atoms with E-state index in [4.69, 9.17) is 4.74 Å². The third-order valence-corrected chi connectivity index (χ3v) is 4.64. The number of carbonyl (C=O) groups excluding carboxylic acids is 1. The summed E-state index contributed by atoms with van der Waals surface area (Å²) >= 11 is 0. The first-order valence-electron chi connectivity index (χ1n) is 8.69. The molecule has 0 radical (unpaired) electrons. The van der Waals surface area contributed by atoms with E-state index >= 15 is 0 Å². The fourth-order valence-electron chi connectivity index (χ4n) is 3.09. The van der Waals surface area contributed by atoms with Crippen LogP contribution in [0.2, 0.25) is 0 Å². The number of para-hydroxylation sites is 1. The minimum atomic E-state index is -0.0321. The number of rotatable bonds is 5. The molecule has 2 aromatic rings. The van der Waals surface area contributed by atoms with Crippen LogP contribution in [0.5, 0.6) is 5.75 Å². The quantitative estimate of drug-likeness (QED) is 0.747. The van der Waals surface area contributed by atoms with Gasteiger partial charge in [0.05, 0.1) is 18.4 Å². The average Bonchev–Trinajstić information content (AvgIpc) is 2.64. The molecule has 1 amide bonds. The molecule has 0 bridgehead atoms. The molecule has 0 aromatic heterocycles. The molecule has 0 saturated carbocycles. The Bertz CT molecular complexity index is 721. The second-order valence-electron chi connectivity index (χ2n) is 6.45. The van der Waals surface area contributed by atoms with Crippen LogP contribution in [-0.4, -0.2) is 32.1 Å². The van der Waals surface area contributed by atoms with E-state index < -0.39 is 0 Å². The van der Waals surface area contributed by atoms with E-state index in [1.54, 1.807) is 7.11 Å². The van der Waals surface area contributed by atoms with Gasteiger partial charge in [0.25, 0.3) is 5.91 Å². The number of carbonyl (C=O) groups is 1. The molecule has 2 aromatic carbocycles. The van der Waals surface area contributed by atoms with E-state index in [0.717, 1.165) is 36.6 Å². The van der Waals surface area contributed by atoms with Gasteiger partial charge in [0.2, 0.25) is 0 Å². The minimum Gasteiger partial charge on any atom is -0.497 e. The summed E-state index contributed by atoms with van der Waals surface area (Å²) in [5.74, 6) is 1.20. The predicted molar refractivity (Wildman–Crippen MR) is 108 cm³/mol. The normalized spacial score (nSPS) is 19.2. The number of anilines is 2. The Hall–Kier alpha value is -2.24. The first kappa shape index (κ1) is 20.1. The van der Waals surface area contributed by atoms with E-state index in [9.17, 15) is 4.79 Å². The number of piperidine rings is 1. The molecule has 1 aliphatic rings. The van der Waals surface area contributed by atoms with E-state index in [1.165, 1.54) is 0 Å². The van der Waals surface area contributed by atoms with Crippen molar-refractivity contribution in [1.29, 1.82) is 0 Å². The summed E-state index contributed by atoms with van der Waals surface area (Å²) in [5, 5.41) is 9.87. The van der Waals surface area contributed by atoms with E-state index in [-0.39, 0.29) is 24.4 Å². The Morgan fingerprint density at radius 3 is 2.58 bits per heavy atom. The predicted octanol–water partition coefficient (Wildman–Crippen LogP) is 3.59. The molecule has 2 atom stereocenters. The van der Waals surface area contributed by atoms with Gasteiger partial charge in [-0.15, -0.1) is 12.4 Å². The fourth-order valence-corrected chi connectivity index (χ4v) is 3.09. The van der Waals surface area contributed by atoms with Crippen molar-refractivity contribution in [3.8, 4) is 5.75 Å². The molecule has 6 heteroatoms. The standard InChI is InChI=1S/C20H25N3O2.ClH/c1-14-13-21-12-11-18(14)23-20(24)17-5-3-4-6-19(17)22-15-7-9-16(25-2)10-8-15;/h3-10,14,18,21-22H,11-13H2,1-2H3,(H,23,24);1H. The molecule has 0 aliphatic carbocycles. The maximum absolute atomic E-state index is 12.8. The van der Waals surface area contributed by atoms with E-state index in [2.05, 4.69) is 22.9 Å². The Morgan fingerprint density at radius 2 is 1.88 bits per heavy atom. The lowest BCUT2D eigenvalue weighted by Crippen LogP contribution is -2.48. The molecule has 0 spiro atoms. The van der Waals surface area contributed by atoms with Crippen LogP contribution in [0.3, 0.4) is 0 Å². The molecular weight excluding hydrogens is 350 g/mol. The third kappa shape index (κ3) is 4.90. The van der Waals surface area contributed by atoms with Gasteiger partial charge in [-0.3, -0.25) is 4.79 Å². The molecule has 1 saturated heterocycles. The maximum atomic E-state index is 12.8. The highest BCUT2D eigenvalue weighted by Crippen LogP contribution is 2.23. The molecule has 26 heavy (non-hydrogen) atoms. The Kier molecular flexibility index (Phi) is 7.30. The van der Waals surface area contributed by atoms with Crippen molar-refractivity contribution in [2.45, 2.75) is 19.4 Å². The molecule has 2 unspecified atom stereocenters. The van der Waals surface area contributed by atoms with Crippen molar-refractivity contribution in [3.05, 3.63) is 54.1 Å². The molecule has 3 rings (SSSR count). The number of benzene rings is 2. The van der Waals surface area contributed by atoms with Gasteiger partial charge in [-0.05, 0) is 61.8 Å². The topological polar surface area (TPSA) is 62.4 Å². The Labute approximate surface area is 160 Å². The number of nitrogens with one attached hydrogen (secondary N) is 3. The number of ether oxygens (including phenoxy) is 1. The van der Waals surface area contributed by atoms with Gasteiger partial charge in [-0.2, -0.15) is 0 Å². The van der Waals surface area contributed by atoms with Gasteiger partial charge in [-0.1, -0.05) is 19.1 Å². The average molecular weight is 376 g/mol. The lowest BCUT2D eigenvalue weighted by atomic mass is 9.95. The second-order valence-corrected chi connectivity index (χ2v) is 6.45. The van der Waals surface area contributed by atoms with Gasteiger partial charge in [0.15, 0.2) is 0 Å². The van der Waals surface area contributed by atoms with Crippen LogP contribution in [-0.2, 0) is 0 Å². The number of amides is 1. The van der Waals surface area contributed by atoms with Crippen LogP contribution in [0.1, 0.15) is 23.7 Å². The van der Waals surface area contributed by atoms with Gasteiger partial charge >= 0.3 is 0 Å². The van der Waals surface area contributed by atoms with Gasteiger partial charge in [-0.25, -0.2) is 0 Å². The summed E-state index contributed by atoms with van der Waals surface area (Å²) in [6, 6.07) is 15.4. The fraction of sp³-hybridized carbons (Fsp3) is 0.350. The van der Waals surface area contributed by atoms with Crippen molar-refractivity contribution in [1.82, 2.24) is 10.6 Å². The van der Waals surface area contributed by atoms with Crippen LogP contribution < -0.4 is 20.7 Å². The summed E-state index contributed by atoms with van der Waals surface area (Å²) in [5.41, 5.74) is 2.37. The summed E-state index contributed by atoms with van der Waals surface area (Å²) < 4.78 is 5.18. The Morgan fingerprint density at radius 1 is 1.15 bits per heavy atom. The molecule has 3 N–H and O–H groups in total. The maximum Gasteiger partial charge on any atom is 0.253 e. The minimum absolute atomic E-state index is 0. The SMILES string of the molecule is COc1ccc(Nc2ccccc2C(=O)NC2CCNCC2C)cc1.Cl. The number of hydrogen-bond donors (Lipinski definition) is 3. The van der Waals surface area contributed by atoms with Gasteiger partial charge in [0, 0.05) is 11.7 Å². The number of hydrogen-bond acceptors (Lipinski definition) is 4. The monoisotopic (exact) mass is 375 g/mol. The lowest BCUT2D eigenvalue weighted by molar-refractivity contribution is 0.0915. The van der Waals surface area contributed by atoms with Crippen molar-refractivity contribution in [2.24, 2.45) is 5.92 Å². The highest BCUT2D eigenvalue weighted by molar-refractivity contribution is 6.00. The second kappa shape index (κ2) is 9.46. The van der Waals surface area contributed by atoms with Crippen LogP contribution in [0.25, 0.3) is 0 Å². The zero-order valence-electron chi connectivity index (χ0n) is 15.1. The Balaban J connectivity index is 0.00000243. The van der Waals surface area contributed by atoms with Crippen molar-refractivity contribution < 1.29 is 9.53 Å². The van der Waals surface area contributed by atoms with Crippen LogP contribution in [0, 0.1) is 5.92 Å². The van der Waals surface area contributed by atoms with Gasteiger partial charge < -0.3 is 20.7 Å². The van der Waals surface area contributed by atoms with Crippen molar-refractivity contribution in [3.63, 3.8) is 0 Å². The van der Waals surface area contributed by atoms with Crippen LogP contribution in [0.4, 0.5) is 11.4 Å². The first-order chi connectivity index (χ1) is 12.2. The van der Waals surface area contributed by atoms with Gasteiger partial charge in [0.1, 0.15) is 5.75 Å². The summed E-state index contributed by atoms with van der Waals surface area (Å²) in [7, 11) is 1.64. The lowest BCUT2D eigenvalue weighted by Gasteiger charge is -2.30. The molecule has 5 nitrogen and oxygen atoms in total. The van der Waals surface area contributed by atoms with E-state index in [1.807, 2.05) is 48.5 Å². The summed E-state index contributed by atoms with van der Waals surface area (Å²) in [6.07, 6.45) is 0.959. The largest absolute Gasteiger partial charge is 0.497 e.